The van der Waals surface area contributed by atoms with E-state index in [2.05, 4.69) is 0 Å². The molecule has 1 rings (SSSR count). The third-order valence-corrected chi connectivity index (χ3v) is 2.64. The van der Waals surface area contributed by atoms with Crippen LogP contribution < -0.4 is 0 Å². The molecular formula is C10H14O7. The third kappa shape index (κ3) is 2.94. The molecule has 17 heavy (non-hydrogen) atoms. The molecule has 0 aromatic carbocycles. The summed E-state index contributed by atoms with van der Waals surface area (Å²) in [6.45, 7) is 4.03. The predicted octanol–water partition coefficient (Wildman–Crippen LogP) is -0.582. The monoisotopic (exact) mass is 246 g/mol. The lowest BCUT2D eigenvalue weighted by Crippen LogP contribution is -2.58. The van der Waals surface area contributed by atoms with Gasteiger partial charge in [0.2, 0.25) is 0 Å². The van der Waals surface area contributed by atoms with E-state index in [1.807, 2.05) is 0 Å². The van der Waals surface area contributed by atoms with E-state index in [0.717, 1.165) is 0 Å². The minimum Gasteiger partial charge on any atom is -0.458 e. The number of hydrogen-bond acceptors (Lipinski definition) is 7. The number of ether oxygens (including phenoxy) is 4. The quantitative estimate of drug-likeness (QED) is 0.457. The molecular weight excluding hydrogens is 232 g/mol. The second-order valence-corrected chi connectivity index (χ2v) is 3.64. The van der Waals surface area contributed by atoms with E-state index in [1.54, 1.807) is 13.8 Å². The summed E-state index contributed by atoms with van der Waals surface area (Å²) in [6, 6.07) is 0. The Labute approximate surface area is 98.0 Å². The van der Waals surface area contributed by atoms with Gasteiger partial charge in [0.05, 0.1) is 12.2 Å². The maximum absolute atomic E-state index is 10.4. The maximum atomic E-state index is 10.4. The largest absolute Gasteiger partial charge is 0.458 e. The molecule has 0 aromatic rings. The fraction of sp³-hybridized carbons (Fsp3) is 0.700. The average molecular weight is 246 g/mol. The van der Waals surface area contributed by atoms with E-state index in [-0.39, 0.29) is 19.4 Å². The zero-order valence-corrected chi connectivity index (χ0v) is 9.48. The van der Waals surface area contributed by atoms with E-state index < -0.39 is 30.5 Å². The molecule has 7 nitrogen and oxygen atoms in total. The number of hydrogen-bond donors (Lipinski definition) is 0. The molecule has 2 unspecified atom stereocenters. The van der Waals surface area contributed by atoms with Crippen LogP contribution in [0.3, 0.4) is 0 Å². The second kappa shape index (κ2) is 6.19. The Bertz CT molecular complexity index is 258. The molecule has 96 valence electrons. The molecule has 1 aliphatic rings. The van der Waals surface area contributed by atoms with Gasteiger partial charge in [0.15, 0.2) is 18.3 Å². The van der Waals surface area contributed by atoms with Crippen LogP contribution in [0, 0.1) is 0 Å². The van der Waals surface area contributed by atoms with Gasteiger partial charge >= 0.3 is 0 Å². The Morgan fingerprint density at radius 3 is 1.47 bits per heavy atom. The minimum atomic E-state index is -0.873. The first-order chi connectivity index (χ1) is 8.15. The Kier molecular flexibility index (Phi) is 4.89. The third-order valence-electron chi connectivity index (χ3n) is 2.64. The van der Waals surface area contributed by atoms with Gasteiger partial charge in [0.1, 0.15) is 0 Å². The van der Waals surface area contributed by atoms with Crippen molar-refractivity contribution >= 4 is 19.4 Å². The zero-order chi connectivity index (χ0) is 12.8. The van der Waals surface area contributed by atoms with Gasteiger partial charge in [0, 0.05) is 0 Å². The Morgan fingerprint density at radius 1 is 0.765 bits per heavy atom. The SMILES string of the molecule is CC1O[C@H](C)[C@@H](OC=O)C(OC=O)[C@H]1OC=O. The smallest absolute Gasteiger partial charge is 0.293 e. The van der Waals surface area contributed by atoms with Gasteiger partial charge in [-0.2, -0.15) is 0 Å². The van der Waals surface area contributed by atoms with Gasteiger partial charge in [-0.25, -0.2) is 0 Å². The summed E-state index contributed by atoms with van der Waals surface area (Å²) >= 11 is 0. The van der Waals surface area contributed by atoms with Crippen molar-refractivity contribution < 1.29 is 33.3 Å². The summed E-state index contributed by atoms with van der Waals surface area (Å²) in [5.41, 5.74) is 0. The van der Waals surface area contributed by atoms with Crippen LogP contribution in [0.5, 0.6) is 0 Å². The lowest BCUT2D eigenvalue weighted by atomic mass is 9.96. The first kappa shape index (κ1) is 13.4. The van der Waals surface area contributed by atoms with Gasteiger partial charge in [-0.15, -0.1) is 0 Å². The Morgan fingerprint density at radius 2 is 1.12 bits per heavy atom. The van der Waals surface area contributed by atoms with Crippen molar-refractivity contribution in [1.29, 1.82) is 0 Å². The minimum absolute atomic E-state index is 0.220. The molecule has 1 saturated heterocycles. The van der Waals surface area contributed by atoms with Crippen molar-refractivity contribution in [1.82, 2.24) is 0 Å². The van der Waals surface area contributed by atoms with Crippen LogP contribution in [0.2, 0.25) is 0 Å². The van der Waals surface area contributed by atoms with Crippen molar-refractivity contribution in [3.63, 3.8) is 0 Å². The molecule has 0 amide bonds. The average Bonchev–Trinajstić information content (AvgIpc) is 2.29. The zero-order valence-electron chi connectivity index (χ0n) is 9.48. The molecule has 0 spiro atoms. The summed E-state index contributed by atoms with van der Waals surface area (Å²) < 4.78 is 19.9. The van der Waals surface area contributed by atoms with Crippen molar-refractivity contribution in [2.75, 3.05) is 0 Å². The van der Waals surface area contributed by atoms with Gasteiger partial charge < -0.3 is 18.9 Å². The van der Waals surface area contributed by atoms with Crippen molar-refractivity contribution in [2.24, 2.45) is 0 Å². The van der Waals surface area contributed by atoms with Crippen LogP contribution in [-0.2, 0) is 33.3 Å². The Balaban J connectivity index is 2.89. The van der Waals surface area contributed by atoms with Crippen LogP contribution in [0.15, 0.2) is 0 Å². The van der Waals surface area contributed by atoms with E-state index in [9.17, 15) is 14.4 Å². The van der Waals surface area contributed by atoms with E-state index >= 15 is 0 Å². The van der Waals surface area contributed by atoms with Gasteiger partial charge in [-0.3, -0.25) is 14.4 Å². The number of carbonyl (C=O) groups excluding carboxylic acids is 3. The summed E-state index contributed by atoms with van der Waals surface area (Å²) in [4.78, 5) is 31.2. The molecule has 0 radical (unpaired) electrons. The number of carbonyl (C=O) groups is 3. The number of rotatable bonds is 6. The molecule has 0 saturated carbocycles. The van der Waals surface area contributed by atoms with Crippen LogP contribution in [0.4, 0.5) is 0 Å². The van der Waals surface area contributed by atoms with Crippen molar-refractivity contribution in [3.05, 3.63) is 0 Å². The summed E-state index contributed by atoms with van der Waals surface area (Å²) in [5, 5.41) is 0. The normalized spacial score (nSPS) is 36.7. The fourth-order valence-electron chi connectivity index (χ4n) is 1.94. The van der Waals surface area contributed by atoms with Crippen LogP contribution in [0.25, 0.3) is 0 Å². The van der Waals surface area contributed by atoms with E-state index in [4.69, 9.17) is 18.9 Å². The topological polar surface area (TPSA) is 88.1 Å². The van der Waals surface area contributed by atoms with Gasteiger partial charge in [-0.05, 0) is 13.8 Å². The fourth-order valence-corrected chi connectivity index (χ4v) is 1.94. The highest BCUT2D eigenvalue weighted by atomic mass is 16.6. The molecule has 1 fully saturated rings. The summed E-state index contributed by atoms with van der Waals surface area (Å²) in [5.74, 6) is 0. The van der Waals surface area contributed by atoms with Gasteiger partial charge in [0.25, 0.3) is 19.4 Å². The summed E-state index contributed by atoms with van der Waals surface area (Å²) in [6.07, 6.45) is -3.42. The van der Waals surface area contributed by atoms with Gasteiger partial charge in [-0.1, -0.05) is 0 Å². The van der Waals surface area contributed by atoms with Crippen LogP contribution >= 0.6 is 0 Å². The molecule has 7 heteroatoms. The predicted molar refractivity (Wildman–Crippen MR) is 52.8 cm³/mol. The molecule has 1 heterocycles. The second-order valence-electron chi connectivity index (χ2n) is 3.64. The highest BCUT2D eigenvalue weighted by molar-refractivity contribution is 5.41. The first-order valence-corrected chi connectivity index (χ1v) is 5.08. The summed E-state index contributed by atoms with van der Waals surface area (Å²) in [7, 11) is 0. The molecule has 0 bridgehead atoms. The highest BCUT2D eigenvalue weighted by Gasteiger charge is 2.46. The molecule has 0 aromatic heterocycles. The lowest BCUT2D eigenvalue weighted by Gasteiger charge is -2.41. The first-order valence-electron chi connectivity index (χ1n) is 5.08. The molecule has 0 aliphatic carbocycles. The van der Waals surface area contributed by atoms with Crippen LogP contribution in [0.1, 0.15) is 13.8 Å². The highest BCUT2D eigenvalue weighted by Crippen LogP contribution is 2.26. The molecule has 5 atom stereocenters. The lowest BCUT2D eigenvalue weighted by molar-refractivity contribution is -0.230. The van der Waals surface area contributed by atoms with Crippen molar-refractivity contribution in [3.8, 4) is 0 Å². The van der Waals surface area contributed by atoms with Crippen molar-refractivity contribution in [2.45, 2.75) is 44.4 Å². The van der Waals surface area contributed by atoms with E-state index in [1.165, 1.54) is 0 Å². The molecule has 0 N–H and O–H groups in total. The molecule has 1 aliphatic heterocycles. The maximum Gasteiger partial charge on any atom is 0.293 e. The standard InChI is InChI=1S/C10H14O7/c1-6-8(14-3-11)10(16-5-13)9(15-4-12)7(2)17-6/h3-10H,1-2H3/t6-,7?,8-,9+,10?/m1/s1. The Hall–Kier alpha value is -1.63. The van der Waals surface area contributed by atoms with Crippen LogP contribution in [-0.4, -0.2) is 49.9 Å². The van der Waals surface area contributed by atoms with E-state index in [0.29, 0.717) is 0 Å².